The van der Waals surface area contributed by atoms with Gasteiger partial charge in [-0.2, -0.15) is 17.5 Å². The Hall–Kier alpha value is -2.69. The Labute approximate surface area is 177 Å². The lowest BCUT2D eigenvalue weighted by Gasteiger charge is -2.26. The van der Waals surface area contributed by atoms with Crippen molar-refractivity contribution >= 4 is 22.1 Å². The van der Waals surface area contributed by atoms with Gasteiger partial charge in [-0.25, -0.2) is 13.2 Å². The van der Waals surface area contributed by atoms with Gasteiger partial charge in [-0.15, -0.1) is 0 Å². The average molecular weight is 455 g/mol. The summed E-state index contributed by atoms with van der Waals surface area (Å²) in [4.78, 5) is 12.0. The van der Waals surface area contributed by atoms with E-state index >= 15 is 0 Å². The predicted octanol–water partition coefficient (Wildman–Crippen LogP) is 3.48. The molecule has 0 radical (unpaired) electrons. The molecule has 0 atom stereocenters. The third kappa shape index (κ3) is 6.16. The van der Waals surface area contributed by atoms with E-state index in [9.17, 15) is 26.4 Å². The van der Waals surface area contributed by atoms with E-state index in [1.165, 1.54) is 34.6 Å². The molecule has 0 amide bonds. The van der Waals surface area contributed by atoms with Gasteiger partial charge in [0.05, 0.1) is 23.7 Å². The number of rotatable bonds is 6. The van der Waals surface area contributed by atoms with Gasteiger partial charge >= 0.3 is 12.1 Å². The summed E-state index contributed by atoms with van der Waals surface area (Å²) in [5, 5.41) is 0. The number of nitrogens with zero attached hydrogens (tertiary/aromatic N) is 1. The first-order valence-corrected chi connectivity index (χ1v) is 10.8. The van der Waals surface area contributed by atoms with Crippen LogP contribution in [0.3, 0.4) is 0 Å². The maximum atomic E-state index is 12.7. The van der Waals surface area contributed by atoms with Gasteiger partial charge in [-0.3, -0.25) is 0 Å². The molecule has 3 rings (SSSR count). The average Bonchev–Trinajstić information content (AvgIpc) is 2.77. The molecule has 0 aliphatic carbocycles. The molecule has 2 aromatic carbocycles. The highest BCUT2D eigenvalue weighted by Gasteiger charge is 2.30. The molecule has 0 bridgehead atoms. The van der Waals surface area contributed by atoms with Crippen LogP contribution in [0.4, 0.5) is 13.2 Å². The van der Waals surface area contributed by atoms with E-state index in [2.05, 4.69) is 0 Å². The standard InChI is InChI=1S/C21H20F3NO5S/c22-21(23,24)18-3-1-2-17(14-18)15-30-20(26)9-6-16-4-7-19(8-5-16)31(27,28)25-10-12-29-13-11-25/h1-9,14H,10-13,15H2. The number of hydrogen-bond donors (Lipinski definition) is 0. The summed E-state index contributed by atoms with van der Waals surface area (Å²) in [6.45, 7) is 0.985. The Balaban J connectivity index is 1.57. The van der Waals surface area contributed by atoms with Crippen LogP contribution >= 0.6 is 0 Å². The first-order chi connectivity index (χ1) is 14.7. The van der Waals surface area contributed by atoms with E-state index in [1.807, 2.05) is 0 Å². The Kier molecular flexibility index (Phi) is 7.14. The SMILES string of the molecule is O=C(C=Cc1ccc(S(=O)(=O)N2CCOCC2)cc1)OCc1cccc(C(F)(F)F)c1. The summed E-state index contributed by atoms with van der Waals surface area (Å²) in [6, 6.07) is 10.5. The molecule has 6 nitrogen and oxygen atoms in total. The van der Waals surface area contributed by atoms with Crippen molar-refractivity contribution in [3.05, 3.63) is 71.3 Å². The predicted molar refractivity (Wildman–Crippen MR) is 106 cm³/mol. The van der Waals surface area contributed by atoms with Crippen LogP contribution in [-0.4, -0.2) is 45.0 Å². The molecule has 1 saturated heterocycles. The molecule has 1 fully saturated rings. The molecule has 166 valence electrons. The maximum absolute atomic E-state index is 12.7. The Morgan fingerprint density at radius 3 is 2.42 bits per heavy atom. The van der Waals surface area contributed by atoms with E-state index in [1.54, 1.807) is 12.1 Å². The fourth-order valence-corrected chi connectivity index (χ4v) is 4.30. The lowest BCUT2D eigenvalue weighted by Crippen LogP contribution is -2.40. The summed E-state index contributed by atoms with van der Waals surface area (Å²) < 4.78 is 74.8. The number of benzene rings is 2. The molecule has 0 spiro atoms. The van der Waals surface area contributed by atoms with Crippen LogP contribution in [0.25, 0.3) is 6.08 Å². The fourth-order valence-electron chi connectivity index (χ4n) is 2.89. The van der Waals surface area contributed by atoms with Crippen LogP contribution in [0.15, 0.2) is 59.5 Å². The highest BCUT2D eigenvalue weighted by atomic mass is 32.2. The maximum Gasteiger partial charge on any atom is 0.416 e. The second kappa shape index (κ2) is 9.63. The molecule has 2 aromatic rings. The first kappa shape index (κ1) is 23.0. The lowest BCUT2D eigenvalue weighted by molar-refractivity contribution is -0.138. The smallest absolute Gasteiger partial charge is 0.416 e. The van der Waals surface area contributed by atoms with Crippen molar-refractivity contribution in [1.82, 2.24) is 4.31 Å². The highest BCUT2D eigenvalue weighted by molar-refractivity contribution is 7.89. The number of sulfonamides is 1. The zero-order valence-electron chi connectivity index (χ0n) is 16.3. The molecule has 31 heavy (non-hydrogen) atoms. The van der Waals surface area contributed by atoms with E-state index < -0.39 is 27.7 Å². The number of esters is 1. The summed E-state index contributed by atoms with van der Waals surface area (Å²) in [5.74, 6) is -0.734. The largest absolute Gasteiger partial charge is 0.458 e. The second-order valence-corrected chi connectivity index (χ2v) is 8.66. The molecule has 0 unspecified atom stereocenters. The monoisotopic (exact) mass is 455 g/mol. The van der Waals surface area contributed by atoms with E-state index in [4.69, 9.17) is 9.47 Å². The lowest BCUT2D eigenvalue weighted by atomic mass is 10.1. The summed E-state index contributed by atoms with van der Waals surface area (Å²) in [7, 11) is -3.61. The zero-order chi connectivity index (χ0) is 22.5. The van der Waals surface area contributed by atoms with Gasteiger partial charge in [0, 0.05) is 19.2 Å². The van der Waals surface area contributed by atoms with E-state index in [-0.39, 0.29) is 17.1 Å². The van der Waals surface area contributed by atoms with Gasteiger partial charge in [0.2, 0.25) is 10.0 Å². The van der Waals surface area contributed by atoms with E-state index in [0.29, 0.717) is 31.9 Å². The number of alkyl halides is 3. The molecule has 10 heteroatoms. The van der Waals surface area contributed by atoms with Crippen molar-refractivity contribution in [2.75, 3.05) is 26.3 Å². The van der Waals surface area contributed by atoms with Crippen LogP contribution in [0.2, 0.25) is 0 Å². The zero-order valence-corrected chi connectivity index (χ0v) is 17.2. The Bertz CT molecular complexity index is 1040. The van der Waals surface area contributed by atoms with Gasteiger partial charge in [0.15, 0.2) is 0 Å². The topological polar surface area (TPSA) is 72.9 Å². The number of hydrogen-bond acceptors (Lipinski definition) is 5. The molecule has 1 aliphatic rings. The van der Waals surface area contributed by atoms with Gasteiger partial charge in [0.1, 0.15) is 6.61 Å². The Morgan fingerprint density at radius 1 is 1.10 bits per heavy atom. The third-order valence-corrected chi connectivity index (χ3v) is 6.45. The number of morpholine rings is 1. The minimum atomic E-state index is -4.47. The Morgan fingerprint density at radius 2 is 1.77 bits per heavy atom. The molecule has 0 N–H and O–H groups in total. The molecule has 0 aromatic heterocycles. The van der Waals surface area contributed by atoms with Crippen molar-refractivity contribution in [3.63, 3.8) is 0 Å². The number of carbonyl (C=O) groups excluding carboxylic acids is 1. The summed E-state index contributed by atoms with van der Waals surface area (Å²) in [6.07, 6.45) is -1.92. The van der Waals surface area contributed by atoms with Gasteiger partial charge in [-0.1, -0.05) is 24.3 Å². The van der Waals surface area contributed by atoms with Crippen molar-refractivity contribution < 1.29 is 35.9 Å². The summed E-state index contributed by atoms with van der Waals surface area (Å²) in [5.41, 5.74) is -0.0325. The number of halogens is 3. The van der Waals surface area contributed by atoms with Crippen molar-refractivity contribution in [2.45, 2.75) is 17.7 Å². The van der Waals surface area contributed by atoms with Gasteiger partial charge in [-0.05, 0) is 41.5 Å². The minimum absolute atomic E-state index is 0.138. The quantitative estimate of drug-likeness (QED) is 0.493. The van der Waals surface area contributed by atoms with Crippen LogP contribution < -0.4 is 0 Å². The molecular weight excluding hydrogens is 435 g/mol. The fraction of sp³-hybridized carbons (Fsp3) is 0.286. The molecule has 1 heterocycles. The van der Waals surface area contributed by atoms with Crippen LogP contribution in [0, 0.1) is 0 Å². The molecule has 1 aliphatic heterocycles. The van der Waals surface area contributed by atoms with Gasteiger partial charge in [0.25, 0.3) is 0 Å². The normalized spacial score (nSPS) is 15.8. The van der Waals surface area contributed by atoms with Gasteiger partial charge < -0.3 is 9.47 Å². The van der Waals surface area contributed by atoms with Crippen molar-refractivity contribution in [2.24, 2.45) is 0 Å². The van der Waals surface area contributed by atoms with E-state index in [0.717, 1.165) is 18.2 Å². The first-order valence-electron chi connectivity index (χ1n) is 9.35. The minimum Gasteiger partial charge on any atom is -0.458 e. The molecular formula is C21H20F3NO5S. The third-order valence-electron chi connectivity index (χ3n) is 4.54. The highest BCUT2D eigenvalue weighted by Crippen LogP contribution is 2.29. The second-order valence-electron chi connectivity index (χ2n) is 6.72. The molecule has 0 saturated carbocycles. The number of carbonyl (C=O) groups is 1. The van der Waals surface area contributed by atoms with Crippen molar-refractivity contribution in [3.8, 4) is 0 Å². The van der Waals surface area contributed by atoms with Crippen LogP contribution in [-0.2, 0) is 37.1 Å². The van der Waals surface area contributed by atoms with Crippen molar-refractivity contribution in [1.29, 1.82) is 0 Å². The van der Waals surface area contributed by atoms with Crippen LogP contribution in [0.1, 0.15) is 16.7 Å². The van der Waals surface area contributed by atoms with Crippen LogP contribution in [0.5, 0.6) is 0 Å². The summed E-state index contributed by atoms with van der Waals surface area (Å²) >= 11 is 0. The number of ether oxygens (including phenoxy) is 2.